The molecule has 0 unspecified atom stereocenters. The van der Waals surface area contributed by atoms with Gasteiger partial charge in [-0.25, -0.2) is 0 Å². The predicted octanol–water partition coefficient (Wildman–Crippen LogP) is 3.94. The van der Waals surface area contributed by atoms with Crippen molar-refractivity contribution in [3.05, 3.63) is 39.9 Å². The van der Waals surface area contributed by atoms with Gasteiger partial charge in [-0.2, -0.15) is 0 Å². The Morgan fingerprint density at radius 3 is 2.55 bits per heavy atom. The molecule has 2 fully saturated rings. The van der Waals surface area contributed by atoms with Gasteiger partial charge in [0, 0.05) is 25.7 Å². The molecule has 0 saturated carbocycles. The molecule has 2 heterocycles. The van der Waals surface area contributed by atoms with Crippen molar-refractivity contribution in [1.29, 1.82) is 0 Å². The second-order valence-electron chi connectivity index (χ2n) is 7.80. The molecule has 0 aliphatic carbocycles. The number of piperidine rings is 1. The highest BCUT2D eigenvalue weighted by molar-refractivity contribution is 6.42. The molecule has 5 nitrogen and oxygen atoms in total. The zero-order valence-electron chi connectivity index (χ0n) is 16.9. The van der Waals surface area contributed by atoms with E-state index in [4.69, 9.17) is 23.2 Å². The van der Waals surface area contributed by atoms with E-state index in [0.717, 1.165) is 25.1 Å². The lowest BCUT2D eigenvalue weighted by Gasteiger charge is -2.39. The Labute approximate surface area is 183 Å². The van der Waals surface area contributed by atoms with E-state index in [1.165, 1.54) is 38.4 Å². The SMILES string of the molecule is C[C@H]1C(=O)N(CCCN2CCCCC2)CCN1C(=O)C=Cc1ccc(Cl)c(Cl)c1. The van der Waals surface area contributed by atoms with Gasteiger partial charge in [0.2, 0.25) is 11.8 Å². The first-order chi connectivity index (χ1) is 14.0. The fourth-order valence-electron chi connectivity index (χ4n) is 4.00. The Kier molecular flexibility index (Phi) is 7.99. The maximum atomic E-state index is 12.7. The summed E-state index contributed by atoms with van der Waals surface area (Å²) in [7, 11) is 0. The zero-order chi connectivity index (χ0) is 20.8. The van der Waals surface area contributed by atoms with E-state index in [0.29, 0.717) is 23.1 Å². The molecule has 29 heavy (non-hydrogen) atoms. The Morgan fingerprint density at radius 2 is 1.83 bits per heavy atom. The van der Waals surface area contributed by atoms with Crippen molar-refractivity contribution in [2.45, 2.75) is 38.6 Å². The van der Waals surface area contributed by atoms with Gasteiger partial charge in [0.15, 0.2) is 0 Å². The molecule has 2 saturated heterocycles. The van der Waals surface area contributed by atoms with Crippen molar-refractivity contribution in [2.24, 2.45) is 0 Å². The summed E-state index contributed by atoms with van der Waals surface area (Å²) in [5.41, 5.74) is 0.795. The maximum Gasteiger partial charge on any atom is 0.247 e. The lowest BCUT2D eigenvalue weighted by atomic mass is 10.1. The number of benzene rings is 1. The number of carbonyl (C=O) groups excluding carboxylic acids is 2. The van der Waals surface area contributed by atoms with Gasteiger partial charge >= 0.3 is 0 Å². The molecule has 2 aliphatic heterocycles. The minimum Gasteiger partial charge on any atom is -0.339 e. The highest BCUT2D eigenvalue weighted by Crippen LogP contribution is 2.23. The summed E-state index contributed by atoms with van der Waals surface area (Å²) in [6.45, 7) is 7.13. The molecule has 1 aromatic carbocycles. The molecule has 7 heteroatoms. The second-order valence-corrected chi connectivity index (χ2v) is 8.61. The van der Waals surface area contributed by atoms with Crippen LogP contribution in [0.5, 0.6) is 0 Å². The van der Waals surface area contributed by atoms with Gasteiger partial charge in [-0.05, 0) is 69.6 Å². The summed E-state index contributed by atoms with van der Waals surface area (Å²) in [5, 5.41) is 0.925. The normalized spacial score (nSPS) is 21.2. The van der Waals surface area contributed by atoms with Crippen LogP contribution in [0.15, 0.2) is 24.3 Å². The van der Waals surface area contributed by atoms with Crippen LogP contribution in [-0.2, 0) is 9.59 Å². The zero-order valence-corrected chi connectivity index (χ0v) is 18.5. The van der Waals surface area contributed by atoms with E-state index in [1.807, 2.05) is 11.8 Å². The summed E-state index contributed by atoms with van der Waals surface area (Å²) in [5.74, 6) is -0.129. The van der Waals surface area contributed by atoms with Crippen LogP contribution in [0.4, 0.5) is 0 Å². The average Bonchev–Trinajstić information content (AvgIpc) is 2.72. The van der Waals surface area contributed by atoms with Crippen LogP contribution >= 0.6 is 23.2 Å². The number of likely N-dealkylation sites (tertiary alicyclic amines) is 1. The first-order valence-electron chi connectivity index (χ1n) is 10.4. The highest BCUT2D eigenvalue weighted by atomic mass is 35.5. The third kappa shape index (κ3) is 5.97. The lowest BCUT2D eigenvalue weighted by molar-refractivity contribution is -0.148. The summed E-state index contributed by atoms with van der Waals surface area (Å²) in [6, 6.07) is 4.77. The standard InChI is InChI=1S/C22H29Cl2N3O2/c1-17-22(29)26(13-5-12-25-10-3-2-4-11-25)14-15-27(17)21(28)9-7-18-6-8-19(23)20(24)16-18/h6-9,16-17H,2-5,10-15H2,1H3/t17-/m0/s1. The van der Waals surface area contributed by atoms with E-state index in [2.05, 4.69) is 4.90 Å². The lowest BCUT2D eigenvalue weighted by Crippen LogP contribution is -2.57. The molecular formula is C22H29Cl2N3O2. The Morgan fingerprint density at radius 1 is 1.07 bits per heavy atom. The van der Waals surface area contributed by atoms with Crippen LogP contribution < -0.4 is 0 Å². The molecular weight excluding hydrogens is 409 g/mol. The van der Waals surface area contributed by atoms with Crippen molar-refractivity contribution in [3.8, 4) is 0 Å². The van der Waals surface area contributed by atoms with E-state index in [9.17, 15) is 9.59 Å². The van der Waals surface area contributed by atoms with Gasteiger partial charge in [-0.15, -0.1) is 0 Å². The average molecular weight is 438 g/mol. The second kappa shape index (κ2) is 10.5. The smallest absolute Gasteiger partial charge is 0.247 e. The molecule has 0 radical (unpaired) electrons. The molecule has 2 aliphatic rings. The van der Waals surface area contributed by atoms with Crippen LogP contribution in [0.2, 0.25) is 10.0 Å². The largest absolute Gasteiger partial charge is 0.339 e. The minimum atomic E-state index is -0.440. The third-order valence-corrected chi connectivity index (χ3v) is 6.48. The Bertz CT molecular complexity index is 762. The van der Waals surface area contributed by atoms with Gasteiger partial charge in [-0.1, -0.05) is 35.7 Å². The van der Waals surface area contributed by atoms with E-state index in [1.54, 1.807) is 29.2 Å². The van der Waals surface area contributed by atoms with Crippen molar-refractivity contribution in [3.63, 3.8) is 0 Å². The molecule has 0 aromatic heterocycles. The van der Waals surface area contributed by atoms with E-state index >= 15 is 0 Å². The quantitative estimate of drug-likeness (QED) is 0.632. The van der Waals surface area contributed by atoms with Crippen molar-refractivity contribution >= 4 is 41.1 Å². The minimum absolute atomic E-state index is 0.0335. The highest BCUT2D eigenvalue weighted by Gasteiger charge is 2.33. The Hall–Kier alpha value is -1.56. The van der Waals surface area contributed by atoms with Crippen molar-refractivity contribution < 1.29 is 9.59 Å². The predicted molar refractivity (Wildman–Crippen MR) is 118 cm³/mol. The van der Waals surface area contributed by atoms with Gasteiger partial charge in [0.05, 0.1) is 10.0 Å². The van der Waals surface area contributed by atoms with Gasteiger partial charge in [-0.3, -0.25) is 9.59 Å². The molecule has 1 atom stereocenters. The molecule has 0 bridgehead atoms. The first kappa shape index (κ1) is 22.1. The molecule has 2 amide bonds. The molecule has 0 N–H and O–H groups in total. The monoisotopic (exact) mass is 437 g/mol. The summed E-state index contributed by atoms with van der Waals surface area (Å²) >= 11 is 11.9. The van der Waals surface area contributed by atoms with E-state index in [-0.39, 0.29) is 11.8 Å². The third-order valence-electron chi connectivity index (χ3n) is 5.74. The molecule has 158 valence electrons. The maximum absolute atomic E-state index is 12.7. The van der Waals surface area contributed by atoms with Crippen LogP contribution in [-0.4, -0.2) is 71.8 Å². The van der Waals surface area contributed by atoms with Crippen molar-refractivity contribution in [1.82, 2.24) is 14.7 Å². The number of nitrogens with zero attached hydrogens (tertiary/aromatic N) is 3. The van der Waals surface area contributed by atoms with Crippen LogP contribution in [0.3, 0.4) is 0 Å². The first-order valence-corrected chi connectivity index (χ1v) is 11.2. The summed E-state index contributed by atoms with van der Waals surface area (Å²) in [4.78, 5) is 31.4. The van der Waals surface area contributed by atoms with E-state index < -0.39 is 6.04 Å². The number of rotatable bonds is 6. The van der Waals surface area contributed by atoms with Gasteiger partial charge in [0.1, 0.15) is 6.04 Å². The molecule has 1 aromatic rings. The van der Waals surface area contributed by atoms with Crippen LogP contribution in [0.25, 0.3) is 6.08 Å². The van der Waals surface area contributed by atoms with Crippen molar-refractivity contribution in [2.75, 3.05) is 39.3 Å². The number of halogens is 2. The summed E-state index contributed by atoms with van der Waals surface area (Å²) < 4.78 is 0. The number of amides is 2. The number of hydrogen-bond donors (Lipinski definition) is 0. The molecule has 0 spiro atoms. The number of piperazine rings is 1. The van der Waals surface area contributed by atoms with Gasteiger partial charge < -0.3 is 14.7 Å². The summed E-state index contributed by atoms with van der Waals surface area (Å²) in [6.07, 6.45) is 8.09. The topological polar surface area (TPSA) is 43.9 Å². The fourth-order valence-corrected chi connectivity index (χ4v) is 4.31. The Balaban J connectivity index is 1.49. The van der Waals surface area contributed by atoms with Crippen LogP contribution in [0.1, 0.15) is 38.2 Å². The molecule has 3 rings (SSSR count). The van der Waals surface area contributed by atoms with Gasteiger partial charge in [0.25, 0.3) is 0 Å². The number of carbonyl (C=O) groups is 2. The number of hydrogen-bond acceptors (Lipinski definition) is 3. The fraction of sp³-hybridized carbons (Fsp3) is 0.545. The van der Waals surface area contributed by atoms with Crippen LogP contribution in [0, 0.1) is 0 Å².